The number of urea groups is 1. The van der Waals surface area contributed by atoms with E-state index in [4.69, 9.17) is 0 Å². The van der Waals surface area contributed by atoms with Crippen molar-refractivity contribution in [2.75, 3.05) is 45.2 Å². The number of anilines is 1. The molecule has 2 aliphatic heterocycles. The number of hydrogen-bond acceptors (Lipinski definition) is 6. The molecule has 10 nitrogen and oxygen atoms in total. The average Bonchev–Trinajstić information content (AvgIpc) is 2.83. The molecule has 4 amide bonds. The molecule has 3 rings (SSSR count). The molecule has 1 aromatic rings. The Kier molecular flexibility index (Phi) is 8.04. The lowest BCUT2D eigenvalue weighted by Gasteiger charge is -2.42. The third kappa shape index (κ3) is 5.76. The summed E-state index contributed by atoms with van der Waals surface area (Å²) in [7, 11) is 1.24. The van der Waals surface area contributed by atoms with Crippen LogP contribution >= 0.6 is 0 Å². The summed E-state index contributed by atoms with van der Waals surface area (Å²) in [6.07, 6.45) is 1.42. The van der Waals surface area contributed by atoms with Crippen molar-refractivity contribution in [1.82, 2.24) is 20.4 Å². The number of para-hydroxylation sites is 1. The standard InChI is InChI=1S/C22H31N5O5/c1-15(21(30)32-2)24-19(28)18-14-26(22(31)25-17-6-4-3-5-7-17)12-13-27(18)20(29)16-8-10-23-11-9-16/h3-7,15-16,18,23H,8-14H2,1-2H3,(H,24,28)(H,25,31)/t15-,18+/m1/s1. The van der Waals surface area contributed by atoms with Crippen molar-refractivity contribution >= 4 is 29.5 Å². The smallest absolute Gasteiger partial charge is 0.328 e. The summed E-state index contributed by atoms with van der Waals surface area (Å²) in [6.45, 7) is 3.63. The van der Waals surface area contributed by atoms with Gasteiger partial charge in [-0.1, -0.05) is 18.2 Å². The zero-order chi connectivity index (χ0) is 23.1. The van der Waals surface area contributed by atoms with E-state index < -0.39 is 24.0 Å². The van der Waals surface area contributed by atoms with E-state index in [2.05, 4.69) is 20.7 Å². The Morgan fingerprint density at radius 3 is 2.44 bits per heavy atom. The van der Waals surface area contributed by atoms with E-state index in [1.807, 2.05) is 18.2 Å². The Bertz CT molecular complexity index is 827. The summed E-state index contributed by atoms with van der Waals surface area (Å²) < 4.78 is 4.68. The van der Waals surface area contributed by atoms with Crippen molar-refractivity contribution < 1.29 is 23.9 Å². The van der Waals surface area contributed by atoms with Gasteiger partial charge in [-0.15, -0.1) is 0 Å². The van der Waals surface area contributed by atoms with Crippen LogP contribution in [0.1, 0.15) is 19.8 Å². The number of nitrogens with one attached hydrogen (secondary N) is 3. The largest absolute Gasteiger partial charge is 0.467 e. The molecule has 0 unspecified atom stereocenters. The van der Waals surface area contributed by atoms with E-state index in [-0.39, 0.29) is 30.9 Å². The first-order valence-electron chi connectivity index (χ1n) is 10.9. The van der Waals surface area contributed by atoms with Gasteiger partial charge in [-0.05, 0) is 45.0 Å². The summed E-state index contributed by atoms with van der Waals surface area (Å²) in [5, 5.41) is 8.67. The summed E-state index contributed by atoms with van der Waals surface area (Å²) in [5.41, 5.74) is 0.644. The molecule has 0 radical (unpaired) electrons. The van der Waals surface area contributed by atoms with Gasteiger partial charge in [-0.2, -0.15) is 0 Å². The summed E-state index contributed by atoms with van der Waals surface area (Å²) in [4.78, 5) is 53.9. The van der Waals surface area contributed by atoms with Crippen molar-refractivity contribution in [1.29, 1.82) is 0 Å². The molecular weight excluding hydrogens is 414 g/mol. The predicted octanol–water partition coefficient (Wildman–Crippen LogP) is 0.409. The quantitative estimate of drug-likeness (QED) is 0.565. The van der Waals surface area contributed by atoms with Crippen molar-refractivity contribution in [3.63, 3.8) is 0 Å². The van der Waals surface area contributed by atoms with Crippen LogP contribution in [0.3, 0.4) is 0 Å². The third-order valence-corrected chi connectivity index (χ3v) is 5.88. The molecule has 32 heavy (non-hydrogen) atoms. The highest BCUT2D eigenvalue weighted by molar-refractivity contribution is 5.94. The first kappa shape index (κ1) is 23.5. The monoisotopic (exact) mass is 445 g/mol. The van der Waals surface area contributed by atoms with Gasteiger partial charge in [-0.25, -0.2) is 9.59 Å². The number of ether oxygens (including phenoxy) is 1. The topological polar surface area (TPSA) is 120 Å². The Morgan fingerprint density at radius 2 is 1.78 bits per heavy atom. The molecule has 174 valence electrons. The highest BCUT2D eigenvalue weighted by Crippen LogP contribution is 2.21. The average molecular weight is 446 g/mol. The first-order chi connectivity index (χ1) is 15.4. The molecular formula is C22H31N5O5. The van der Waals surface area contributed by atoms with Crippen LogP contribution < -0.4 is 16.0 Å². The van der Waals surface area contributed by atoms with Crippen molar-refractivity contribution in [2.24, 2.45) is 5.92 Å². The number of esters is 1. The molecule has 0 aliphatic carbocycles. The summed E-state index contributed by atoms with van der Waals surface area (Å²) >= 11 is 0. The Labute approximate surface area is 187 Å². The number of nitrogens with zero attached hydrogens (tertiary/aromatic N) is 2. The molecule has 2 saturated heterocycles. The Balaban J connectivity index is 1.73. The molecule has 2 fully saturated rings. The van der Waals surface area contributed by atoms with Gasteiger partial charge in [0.25, 0.3) is 0 Å². The fraction of sp³-hybridized carbons (Fsp3) is 0.545. The van der Waals surface area contributed by atoms with Gasteiger partial charge in [0.15, 0.2) is 0 Å². The molecule has 2 heterocycles. The van der Waals surface area contributed by atoms with Crippen molar-refractivity contribution in [3.05, 3.63) is 30.3 Å². The van der Waals surface area contributed by atoms with Crippen molar-refractivity contribution in [2.45, 2.75) is 31.8 Å². The number of hydrogen-bond donors (Lipinski definition) is 3. The lowest BCUT2D eigenvalue weighted by Crippen LogP contribution is -2.64. The van der Waals surface area contributed by atoms with Crippen LogP contribution in [0.15, 0.2) is 30.3 Å². The van der Waals surface area contributed by atoms with Crippen LogP contribution in [0.25, 0.3) is 0 Å². The lowest BCUT2D eigenvalue weighted by molar-refractivity contribution is -0.149. The number of carbonyl (C=O) groups excluding carboxylic acids is 4. The second-order valence-corrected chi connectivity index (χ2v) is 8.07. The molecule has 10 heteroatoms. The van der Waals surface area contributed by atoms with E-state index in [1.54, 1.807) is 17.0 Å². The summed E-state index contributed by atoms with van der Waals surface area (Å²) in [6, 6.07) is 6.93. The lowest BCUT2D eigenvalue weighted by atomic mass is 9.95. The maximum absolute atomic E-state index is 13.2. The van der Waals surface area contributed by atoms with Gasteiger partial charge in [0, 0.05) is 24.7 Å². The summed E-state index contributed by atoms with van der Waals surface area (Å²) in [5.74, 6) is -1.30. The maximum atomic E-state index is 13.2. The zero-order valence-electron chi connectivity index (χ0n) is 18.5. The third-order valence-electron chi connectivity index (χ3n) is 5.88. The van der Waals surface area contributed by atoms with E-state index in [1.165, 1.54) is 18.9 Å². The fourth-order valence-electron chi connectivity index (χ4n) is 4.03. The second-order valence-electron chi connectivity index (χ2n) is 8.07. The van der Waals surface area contributed by atoms with Gasteiger partial charge in [0.1, 0.15) is 12.1 Å². The Morgan fingerprint density at radius 1 is 1.09 bits per heavy atom. The number of piperazine rings is 1. The number of amides is 4. The molecule has 1 aromatic carbocycles. The van der Waals surface area contributed by atoms with E-state index in [0.717, 1.165) is 13.1 Å². The maximum Gasteiger partial charge on any atom is 0.328 e. The van der Waals surface area contributed by atoms with Gasteiger partial charge in [-0.3, -0.25) is 9.59 Å². The minimum Gasteiger partial charge on any atom is -0.467 e. The van der Waals surface area contributed by atoms with Crippen LogP contribution in [0.2, 0.25) is 0 Å². The molecule has 0 bridgehead atoms. The van der Waals surface area contributed by atoms with E-state index in [0.29, 0.717) is 25.1 Å². The molecule has 2 atom stereocenters. The van der Waals surface area contributed by atoms with Gasteiger partial charge in [0.2, 0.25) is 11.8 Å². The minimum atomic E-state index is -0.889. The number of methoxy groups -OCH3 is 1. The zero-order valence-corrected chi connectivity index (χ0v) is 18.5. The van der Waals surface area contributed by atoms with Crippen molar-refractivity contribution in [3.8, 4) is 0 Å². The molecule has 0 aromatic heterocycles. The number of carbonyl (C=O) groups is 4. The second kappa shape index (κ2) is 10.9. The van der Waals surface area contributed by atoms with Crippen LogP contribution in [0, 0.1) is 5.92 Å². The highest BCUT2D eigenvalue weighted by atomic mass is 16.5. The molecule has 0 saturated carbocycles. The van der Waals surface area contributed by atoms with Crippen LogP contribution in [0.4, 0.5) is 10.5 Å². The first-order valence-corrected chi connectivity index (χ1v) is 10.9. The molecule has 2 aliphatic rings. The van der Waals surface area contributed by atoms with Crippen LogP contribution in [-0.4, -0.2) is 85.5 Å². The van der Waals surface area contributed by atoms with Gasteiger partial charge < -0.3 is 30.5 Å². The van der Waals surface area contributed by atoms with Crippen LogP contribution in [-0.2, 0) is 19.1 Å². The molecule has 3 N–H and O–H groups in total. The van der Waals surface area contributed by atoms with Gasteiger partial charge in [0.05, 0.1) is 13.7 Å². The normalized spacial score (nSPS) is 20.2. The minimum absolute atomic E-state index is 0.0368. The van der Waals surface area contributed by atoms with E-state index in [9.17, 15) is 19.2 Å². The predicted molar refractivity (Wildman–Crippen MR) is 118 cm³/mol. The number of piperidine rings is 1. The highest BCUT2D eigenvalue weighted by Gasteiger charge is 2.40. The number of rotatable bonds is 5. The van der Waals surface area contributed by atoms with E-state index >= 15 is 0 Å². The Hall–Kier alpha value is -3.14. The molecule has 0 spiro atoms. The van der Waals surface area contributed by atoms with Gasteiger partial charge >= 0.3 is 12.0 Å². The van der Waals surface area contributed by atoms with Crippen LogP contribution in [0.5, 0.6) is 0 Å². The number of benzene rings is 1. The SMILES string of the molecule is COC(=O)[C@@H](C)NC(=O)[C@@H]1CN(C(=O)Nc2ccccc2)CCN1C(=O)C1CCNCC1. The fourth-order valence-corrected chi connectivity index (χ4v) is 4.03.